The number of aromatic nitrogens is 1. The number of halogens is 3. The second kappa shape index (κ2) is 5.02. The van der Waals surface area contributed by atoms with Crippen LogP contribution in [0.2, 0.25) is 0 Å². The molecule has 0 aliphatic carbocycles. The number of hydrogen-bond acceptors (Lipinski definition) is 1. The summed E-state index contributed by atoms with van der Waals surface area (Å²) >= 11 is 0. The number of rotatable bonds is 4. The second-order valence-corrected chi connectivity index (χ2v) is 4.76. The van der Waals surface area contributed by atoms with Gasteiger partial charge in [-0.05, 0) is 18.5 Å². The minimum Gasteiger partial charge on any atom is -0.355 e. The van der Waals surface area contributed by atoms with E-state index in [4.69, 9.17) is 0 Å². The third-order valence-electron chi connectivity index (χ3n) is 2.68. The molecule has 98 valence electrons. The predicted octanol–water partition coefficient (Wildman–Crippen LogP) is 3.33. The lowest BCUT2D eigenvalue weighted by Gasteiger charge is -2.05. The smallest absolute Gasteiger partial charge is 0.168 e. The van der Waals surface area contributed by atoms with Crippen LogP contribution in [0.1, 0.15) is 19.5 Å². The highest BCUT2D eigenvalue weighted by atomic mass is 19.2. The Hall–Kier alpha value is -1.49. The van der Waals surface area contributed by atoms with Gasteiger partial charge in [-0.1, -0.05) is 13.8 Å². The Morgan fingerprint density at radius 2 is 1.89 bits per heavy atom. The Morgan fingerprint density at radius 1 is 1.17 bits per heavy atom. The summed E-state index contributed by atoms with van der Waals surface area (Å²) in [5.41, 5.74) is 0.643. The molecule has 0 aliphatic rings. The van der Waals surface area contributed by atoms with E-state index in [0.717, 1.165) is 6.54 Å². The van der Waals surface area contributed by atoms with Gasteiger partial charge in [0.25, 0.3) is 0 Å². The first-order chi connectivity index (χ1) is 8.49. The van der Waals surface area contributed by atoms with Crippen LogP contribution in [0.5, 0.6) is 0 Å². The van der Waals surface area contributed by atoms with Gasteiger partial charge in [-0.3, -0.25) is 0 Å². The average molecular weight is 256 g/mol. The number of aromatic amines is 1. The first-order valence-electron chi connectivity index (χ1n) is 5.85. The van der Waals surface area contributed by atoms with Gasteiger partial charge in [0.05, 0.1) is 5.52 Å². The Kier molecular flexibility index (Phi) is 3.61. The molecule has 2 rings (SSSR count). The minimum absolute atomic E-state index is 0.00949. The largest absolute Gasteiger partial charge is 0.355 e. The quantitative estimate of drug-likeness (QED) is 0.807. The van der Waals surface area contributed by atoms with E-state index in [1.807, 2.05) is 0 Å². The molecule has 1 heterocycles. The van der Waals surface area contributed by atoms with Crippen LogP contribution in [0.4, 0.5) is 13.2 Å². The van der Waals surface area contributed by atoms with Crippen LogP contribution in [0.3, 0.4) is 0 Å². The molecule has 0 atom stereocenters. The lowest BCUT2D eigenvalue weighted by atomic mass is 10.2. The molecule has 2 nitrogen and oxygen atoms in total. The SMILES string of the molecule is CC(C)CNCc1cc2c(F)c(F)cc(F)c2[nH]1. The van der Waals surface area contributed by atoms with Crippen molar-refractivity contribution >= 4 is 10.9 Å². The lowest BCUT2D eigenvalue weighted by Crippen LogP contribution is -2.19. The van der Waals surface area contributed by atoms with Gasteiger partial charge in [-0.15, -0.1) is 0 Å². The van der Waals surface area contributed by atoms with E-state index in [-0.39, 0.29) is 10.9 Å². The Labute approximate surface area is 103 Å². The first-order valence-corrected chi connectivity index (χ1v) is 5.85. The van der Waals surface area contributed by atoms with Crippen molar-refractivity contribution < 1.29 is 13.2 Å². The standard InChI is InChI=1S/C13H15F3N2/c1-7(2)5-17-6-8-3-9-12(16)10(14)4-11(15)13(9)18-8/h3-4,7,17-18H,5-6H2,1-2H3. The molecule has 0 saturated carbocycles. The van der Waals surface area contributed by atoms with Crippen LogP contribution in [0.15, 0.2) is 12.1 Å². The Balaban J connectivity index is 2.27. The number of H-pyrrole nitrogens is 1. The molecule has 0 saturated heterocycles. The van der Waals surface area contributed by atoms with E-state index >= 15 is 0 Å². The maximum atomic E-state index is 13.5. The average Bonchev–Trinajstić information content (AvgIpc) is 2.70. The fraction of sp³-hybridized carbons (Fsp3) is 0.385. The predicted molar refractivity (Wildman–Crippen MR) is 64.7 cm³/mol. The number of nitrogens with one attached hydrogen (secondary N) is 2. The summed E-state index contributed by atoms with van der Waals surface area (Å²) in [7, 11) is 0. The molecule has 0 fully saturated rings. The molecule has 1 aromatic carbocycles. The lowest BCUT2D eigenvalue weighted by molar-refractivity contribution is 0.505. The van der Waals surface area contributed by atoms with Crippen molar-refractivity contribution in [3.05, 3.63) is 35.3 Å². The van der Waals surface area contributed by atoms with E-state index in [1.54, 1.807) is 0 Å². The zero-order valence-corrected chi connectivity index (χ0v) is 10.3. The van der Waals surface area contributed by atoms with Gasteiger partial charge in [-0.25, -0.2) is 13.2 Å². The van der Waals surface area contributed by atoms with Crippen LogP contribution < -0.4 is 5.32 Å². The molecule has 0 aliphatic heterocycles. The maximum absolute atomic E-state index is 13.5. The number of benzene rings is 1. The van der Waals surface area contributed by atoms with E-state index in [0.29, 0.717) is 24.2 Å². The Morgan fingerprint density at radius 3 is 2.56 bits per heavy atom. The van der Waals surface area contributed by atoms with Crippen LogP contribution in [-0.4, -0.2) is 11.5 Å². The number of fused-ring (bicyclic) bond motifs is 1. The summed E-state index contributed by atoms with van der Waals surface area (Å²) < 4.78 is 39.9. The van der Waals surface area contributed by atoms with Crippen molar-refractivity contribution in [3.8, 4) is 0 Å². The molecular formula is C13H15F3N2. The van der Waals surface area contributed by atoms with Gasteiger partial charge >= 0.3 is 0 Å². The third-order valence-corrected chi connectivity index (χ3v) is 2.68. The van der Waals surface area contributed by atoms with Gasteiger partial charge in [0.15, 0.2) is 11.6 Å². The normalized spacial score (nSPS) is 11.7. The first kappa shape index (κ1) is 13.0. The Bertz CT molecular complexity index is 561. The molecule has 1 aromatic heterocycles. The molecule has 2 aromatic rings. The minimum atomic E-state index is -1.17. The molecule has 0 radical (unpaired) electrons. The molecule has 0 spiro atoms. The highest BCUT2D eigenvalue weighted by Gasteiger charge is 2.14. The van der Waals surface area contributed by atoms with Crippen molar-refractivity contribution in [1.82, 2.24) is 10.3 Å². The van der Waals surface area contributed by atoms with Crippen LogP contribution in [0.25, 0.3) is 10.9 Å². The zero-order valence-electron chi connectivity index (χ0n) is 10.3. The number of hydrogen-bond donors (Lipinski definition) is 2. The summed E-state index contributed by atoms with van der Waals surface area (Å²) in [6.45, 7) is 5.39. The van der Waals surface area contributed by atoms with Gasteiger partial charge in [0.1, 0.15) is 5.82 Å². The summed E-state index contributed by atoms with van der Waals surface area (Å²) in [4.78, 5) is 2.76. The van der Waals surface area contributed by atoms with Crippen LogP contribution in [0, 0.1) is 23.4 Å². The van der Waals surface area contributed by atoms with Gasteiger partial charge < -0.3 is 10.3 Å². The van der Waals surface area contributed by atoms with E-state index < -0.39 is 17.5 Å². The van der Waals surface area contributed by atoms with Gasteiger partial charge in [0.2, 0.25) is 0 Å². The van der Waals surface area contributed by atoms with E-state index in [2.05, 4.69) is 24.1 Å². The second-order valence-electron chi connectivity index (χ2n) is 4.76. The monoisotopic (exact) mass is 256 g/mol. The van der Waals surface area contributed by atoms with Crippen molar-refractivity contribution in [3.63, 3.8) is 0 Å². The topological polar surface area (TPSA) is 27.8 Å². The fourth-order valence-corrected chi connectivity index (χ4v) is 1.84. The van der Waals surface area contributed by atoms with Crippen molar-refractivity contribution in [2.75, 3.05) is 6.54 Å². The summed E-state index contributed by atoms with van der Waals surface area (Å²) in [6.07, 6.45) is 0. The van der Waals surface area contributed by atoms with Gasteiger partial charge in [0, 0.05) is 23.7 Å². The van der Waals surface area contributed by atoms with E-state index in [1.165, 1.54) is 6.07 Å². The highest BCUT2D eigenvalue weighted by molar-refractivity contribution is 5.81. The summed E-state index contributed by atoms with van der Waals surface area (Å²) in [5, 5.41) is 3.10. The molecule has 5 heteroatoms. The maximum Gasteiger partial charge on any atom is 0.168 e. The molecular weight excluding hydrogens is 241 g/mol. The van der Waals surface area contributed by atoms with Crippen LogP contribution >= 0.6 is 0 Å². The molecule has 0 bridgehead atoms. The van der Waals surface area contributed by atoms with Crippen LogP contribution in [-0.2, 0) is 6.54 Å². The fourth-order valence-electron chi connectivity index (χ4n) is 1.84. The summed E-state index contributed by atoms with van der Waals surface area (Å²) in [6, 6.07) is 1.99. The highest BCUT2D eigenvalue weighted by Crippen LogP contribution is 2.24. The van der Waals surface area contributed by atoms with Crippen molar-refractivity contribution in [2.24, 2.45) is 5.92 Å². The van der Waals surface area contributed by atoms with Gasteiger partial charge in [-0.2, -0.15) is 0 Å². The zero-order chi connectivity index (χ0) is 13.3. The molecule has 18 heavy (non-hydrogen) atoms. The van der Waals surface area contributed by atoms with Crippen molar-refractivity contribution in [2.45, 2.75) is 20.4 Å². The summed E-state index contributed by atoms with van der Waals surface area (Å²) in [5.74, 6) is -2.47. The van der Waals surface area contributed by atoms with Crippen molar-refractivity contribution in [1.29, 1.82) is 0 Å². The third kappa shape index (κ3) is 2.51. The molecule has 0 amide bonds. The molecule has 2 N–H and O–H groups in total. The van der Waals surface area contributed by atoms with E-state index in [9.17, 15) is 13.2 Å². The molecule has 0 unspecified atom stereocenters.